The molecule has 1 unspecified atom stereocenters. The van der Waals surface area contributed by atoms with Crippen molar-refractivity contribution in [3.63, 3.8) is 0 Å². The van der Waals surface area contributed by atoms with Crippen molar-refractivity contribution in [2.45, 2.75) is 45.1 Å². The highest BCUT2D eigenvalue weighted by molar-refractivity contribution is 9.10. The van der Waals surface area contributed by atoms with E-state index in [4.69, 9.17) is 0 Å². The summed E-state index contributed by atoms with van der Waals surface area (Å²) in [6, 6.07) is 2.93. The Bertz CT molecular complexity index is 430. The van der Waals surface area contributed by atoms with E-state index in [-0.39, 0.29) is 11.6 Å². The maximum Gasteiger partial charge on any atom is 0.143 e. The number of likely N-dealkylation sites (N-methyl/N-ethyl adjacent to an activating group) is 1. The second kappa shape index (κ2) is 6.80. The van der Waals surface area contributed by atoms with Crippen molar-refractivity contribution in [2.75, 3.05) is 6.54 Å². The lowest BCUT2D eigenvalue weighted by Gasteiger charge is -2.25. The minimum Gasteiger partial charge on any atom is -0.314 e. The molecule has 0 aliphatic heterocycles. The van der Waals surface area contributed by atoms with Gasteiger partial charge in [0.05, 0.1) is 4.47 Å². The molecule has 2 rings (SSSR count). The molecular weight excluding hydrogens is 312 g/mol. The standard InChI is InChI=1S/C15H20BrF2N/c1-2-19-14(10-5-3-4-6-10)9-11-13(17)8-7-12(16)15(11)18/h7-8,10,14,19H,2-6,9H2,1H3. The van der Waals surface area contributed by atoms with Crippen LogP contribution in [0, 0.1) is 17.6 Å². The number of benzene rings is 1. The summed E-state index contributed by atoms with van der Waals surface area (Å²) in [4.78, 5) is 0. The van der Waals surface area contributed by atoms with Gasteiger partial charge in [0.15, 0.2) is 0 Å². The Kier molecular flexibility index (Phi) is 5.34. The fraction of sp³-hybridized carbons (Fsp3) is 0.600. The van der Waals surface area contributed by atoms with Crippen molar-refractivity contribution in [3.8, 4) is 0 Å². The minimum absolute atomic E-state index is 0.172. The number of halogens is 3. The van der Waals surface area contributed by atoms with Gasteiger partial charge in [-0.25, -0.2) is 8.78 Å². The number of nitrogens with one attached hydrogen (secondary N) is 1. The number of rotatable bonds is 5. The Morgan fingerprint density at radius 2 is 2.00 bits per heavy atom. The molecule has 0 bridgehead atoms. The molecule has 1 atom stereocenters. The first-order chi connectivity index (χ1) is 9.13. The zero-order valence-electron chi connectivity index (χ0n) is 11.2. The first-order valence-electron chi connectivity index (χ1n) is 6.99. The van der Waals surface area contributed by atoms with E-state index in [1.54, 1.807) is 0 Å². The topological polar surface area (TPSA) is 12.0 Å². The normalized spacial score (nSPS) is 17.9. The summed E-state index contributed by atoms with van der Waals surface area (Å²) in [5.41, 5.74) is 0.201. The molecule has 1 saturated carbocycles. The van der Waals surface area contributed by atoms with Crippen molar-refractivity contribution in [3.05, 3.63) is 33.8 Å². The Balaban J connectivity index is 2.18. The molecule has 19 heavy (non-hydrogen) atoms. The van der Waals surface area contributed by atoms with Crippen LogP contribution in [0.25, 0.3) is 0 Å². The van der Waals surface area contributed by atoms with Crippen LogP contribution in [0.15, 0.2) is 16.6 Å². The molecule has 0 saturated heterocycles. The third kappa shape index (κ3) is 3.54. The predicted molar refractivity (Wildman–Crippen MR) is 77.2 cm³/mol. The third-order valence-electron chi connectivity index (χ3n) is 4.00. The van der Waals surface area contributed by atoms with Gasteiger partial charge in [-0.2, -0.15) is 0 Å². The Labute approximate surface area is 121 Å². The van der Waals surface area contributed by atoms with Crippen LogP contribution in [0.2, 0.25) is 0 Å². The van der Waals surface area contributed by atoms with E-state index in [2.05, 4.69) is 21.2 Å². The van der Waals surface area contributed by atoms with E-state index in [1.807, 2.05) is 6.92 Å². The highest BCUT2D eigenvalue weighted by atomic mass is 79.9. The van der Waals surface area contributed by atoms with Crippen molar-refractivity contribution < 1.29 is 8.78 Å². The molecule has 106 valence electrons. The molecule has 0 heterocycles. The molecule has 1 aliphatic carbocycles. The third-order valence-corrected chi connectivity index (χ3v) is 4.61. The molecule has 0 radical (unpaired) electrons. The van der Waals surface area contributed by atoms with Gasteiger partial charge in [-0.1, -0.05) is 19.8 Å². The molecule has 0 spiro atoms. The Morgan fingerprint density at radius 3 is 2.63 bits per heavy atom. The summed E-state index contributed by atoms with van der Waals surface area (Å²) in [6.45, 7) is 2.87. The summed E-state index contributed by atoms with van der Waals surface area (Å²) in [6.07, 6.45) is 5.21. The van der Waals surface area contributed by atoms with Crippen LogP contribution in [-0.4, -0.2) is 12.6 Å². The van der Waals surface area contributed by atoms with Crippen LogP contribution >= 0.6 is 15.9 Å². The van der Waals surface area contributed by atoms with Crippen molar-refractivity contribution in [2.24, 2.45) is 5.92 Å². The van der Waals surface area contributed by atoms with Gasteiger partial charge in [-0.05, 0) is 59.8 Å². The second-order valence-corrected chi connectivity index (χ2v) is 6.09. The molecule has 0 amide bonds. The average Bonchev–Trinajstić information content (AvgIpc) is 2.92. The fourth-order valence-corrected chi connectivity index (χ4v) is 3.38. The number of hydrogen-bond donors (Lipinski definition) is 1. The van der Waals surface area contributed by atoms with E-state index < -0.39 is 11.6 Å². The molecule has 1 aromatic carbocycles. The minimum atomic E-state index is -0.457. The molecular formula is C15H20BrF2N. The van der Waals surface area contributed by atoms with Crippen LogP contribution in [0.3, 0.4) is 0 Å². The smallest absolute Gasteiger partial charge is 0.143 e. The molecule has 1 aliphatic rings. The molecule has 4 heteroatoms. The Hall–Kier alpha value is -0.480. The van der Waals surface area contributed by atoms with Crippen molar-refractivity contribution >= 4 is 15.9 Å². The number of hydrogen-bond acceptors (Lipinski definition) is 1. The molecule has 1 N–H and O–H groups in total. The van der Waals surface area contributed by atoms with Gasteiger partial charge >= 0.3 is 0 Å². The summed E-state index contributed by atoms with van der Waals surface area (Å²) < 4.78 is 28.2. The van der Waals surface area contributed by atoms with E-state index >= 15 is 0 Å². The van der Waals surface area contributed by atoms with Crippen molar-refractivity contribution in [1.82, 2.24) is 5.32 Å². The highest BCUT2D eigenvalue weighted by Crippen LogP contribution is 2.31. The van der Waals surface area contributed by atoms with Gasteiger partial charge in [0.2, 0.25) is 0 Å². The molecule has 1 aromatic rings. The van der Waals surface area contributed by atoms with Gasteiger partial charge in [-0.15, -0.1) is 0 Å². The first-order valence-corrected chi connectivity index (χ1v) is 7.78. The molecule has 1 nitrogen and oxygen atoms in total. The van der Waals surface area contributed by atoms with Crippen LogP contribution in [0.5, 0.6) is 0 Å². The lowest BCUT2D eigenvalue weighted by atomic mass is 9.91. The van der Waals surface area contributed by atoms with E-state index in [1.165, 1.54) is 25.0 Å². The fourth-order valence-electron chi connectivity index (χ4n) is 3.00. The largest absolute Gasteiger partial charge is 0.314 e. The summed E-state index contributed by atoms with van der Waals surface area (Å²) in [5.74, 6) is -0.361. The second-order valence-electron chi connectivity index (χ2n) is 5.23. The lowest BCUT2D eigenvalue weighted by molar-refractivity contribution is 0.354. The zero-order valence-corrected chi connectivity index (χ0v) is 12.8. The SMILES string of the molecule is CCNC(Cc1c(F)ccc(Br)c1F)C1CCCC1. The maximum atomic E-state index is 14.0. The van der Waals surface area contributed by atoms with Crippen molar-refractivity contribution in [1.29, 1.82) is 0 Å². The van der Waals surface area contributed by atoms with Gasteiger partial charge in [0, 0.05) is 11.6 Å². The predicted octanol–water partition coefficient (Wildman–Crippen LogP) is 4.44. The summed E-state index contributed by atoms with van der Waals surface area (Å²) in [7, 11) is 0. The highest BCUT2D eigenvalue weighted by Gasteiger charge is 2.26. The van der Waals surface area contributed by atoms with E-state index in [9.17, 15) is 8.78 Å². The van der Waals surface area contributed by atoms with Gasteiger partial charge in [-0.3, -0.25) is 0 Å². The van der Waals surface area contributed by atoms with Crippen LogP contribution < -0.4 is 5.32 Å². The average molecular weight is 332 g/mol. The quantitative estimate of drug-likeness (QED) is 0.786. The van der Waals surface area contributed by atoms with Crippen LogP contribution in [0.4, 0.5) is 8.78 Å². The molecule has 0 aromatic heterocycles. The van der Waals surface area contributed by atoms with E-state index in [0.717, 1.165) is 19.4 Å². The first kappa shape index (κ1) is 14.9. The van der Waals surface area contributed by atoms with Crippen LogP contribution in [0.1, 0.15) is 38.2 Å². The summed E-state index contributed by atoms with van der Waals surface area (Å²) >= 11 is 3.13. The maximum absolute atomic E-state index is 14.0. The lowest BCUT2D eigenvalue weighted by Crippen LogP contribution is -2.37. The summed E-state index contributed by atoms with van der Waals surface area (Å²) in [5, 5.41) is 3.40. The molecule has 1 fully saturated rings. The Morgan fingerprint density at radius 1 is 1.32 bits per heavy atom. The van der Waals surface area contributed by atoms with Gasteiger partial charge < -0.3 is 5.32 Å². The van der Waals surface area contributed by atoms with Crippen LogP contribution in [-0.2, 0) is 6.42 Å². The zero-order chi connectivity index (χ0) is 13.8. The van der Waals surface area contributed by atoms with E-state index in [0.29, 0.717) is 16.8 Å². The van der Waals surface area contributed by atoms with Gasteiger partial charge in [0.1, 0.15) is 11.6 Å². The monoisotopic (exact) mass is 331 g/mol. The van der Waals surface area contributed by atoms with Gasteiger partial charge in [0.25, 0.3) is 0 Å².